The fourth-order valence-corrected chi connectivity index (χ4v) is 5.77. The summed E-state index contributed by atoms with van der Waals surface area (Å²) in [6.07, 6.45) is 1.67. The highest BCUT2D eigenvalue weighted by atomic mass is 35.5. The molecule has 1 aliphatic carbocycles. The molecule has 3 aromatic rings. The number of hydrogen-bond acceptors (Lipinski definition) is 4. The van der Waals surface area contributed by atoms with Gasteiger partial charge in [-0.25, -0.2) is 4.39 Å². The number of allylic oxidation sites excluding steroid dienone is 1. The van der Waals surface area contributed by atoms with E-state index in [0.29, 0.717) is 41.4 Å². The number of hydrogen-bond donors (Lipinski definition) is 2. The number of amides is 1. The van der Waals surface area contributed by atoms with E-state index in [9.17, 15) is 14.0 Å². The van der Waals surface area contributed by atoms with Gasteiger partial charge in [-0.1, -0.05) is 67.4 Å². The molecule has 0 aromatic heterocycles. The molecule has 39 heavy (non-hydrogen) atoms. The van der Waals surface area contributed by atoms with Gasteiger partial charge in [0.25, 0.3) is 0 Å². The van der Waals surface area contributed by atoms with Crippen LogP contribution < -0.4 is 15.5 Å². The summed E-state index contributed by atoms with van der Waals surface area (Å²) in [5.41, 5.74) is 4.65. The molecule has 1 unspecified atom stereocenters. The molecule has 2 N–H and O–H groups in total. The van der Waals surface area contributed by atoms with E-state index in [0.717, 1.165) is 28.2 Å². The molecule has 0 saturated carbocycles. The Morgan fingerprint density at radius 3 is 2.54 bits per heavy atom. The normalized spacial score (nSPS) is 18.1. The zero-order chi connectivity index (χ0) is 27.7. The Balaban J connectivity index is 1.52. The first kappa shape index (κ1) is 27.2. The lowest BCUT2D eigenvalue weighted by atomic mass is 9.73. The Morgan fingerprint density at radius 2 is 1.79 bits per heavy atom. The van der Waals surface area contributed by atoms with Gasteiger partial charge >= 0.3 is 0 Å². The van der Waals surface area contributed by atoms with E-state index >= 15 is 0 Å². The van der Waals surface area contributed by atoms with Crippen molar-refractivity contribution < 1.29 is 14.0 Å². The van der Waals surface area contributed by atoms with Gasteiger partial charge in [0, 0.05) is 24.2 Å². The largest absolute Gasteiger partial charge is 0.357 e. The van der Waals surface area contributed by atoms with Crippen LogP contribution in [0, 0.1) is 11.2 Å². The van der Waals surface area contributed by atoms with Crippen molar-refractivity contribution in [3.05, 3.63) is 105 Å². The molecular weight excluding hydrogens is 536 g/mol. The van der Waals surface area contributed by atoms with Crippen LogP contribution in [0.4, 0.5) is 15.8 Å². The van der Waals surface area contributed by atoms with Crippen LogP contribution >= 0.6 is 23.2 Å². The van der Waals surface area contributed by atoms with E-state index in [-0.39, 0.29) is 29.5 Å². The molecule has 2 aliphatic rings. The monoisotopic (exact) mass is 565 g/mol. The van der Waals surface area contributed by atoms with E-state index in [1.165, 1.54) is 12.1 Å². The molecule has 1 atom stereocenters. The lowest BCUT2D eigenvalue weighted by Gasteiger charge is -2.38. The second-order valence-electron chi connectivity index (χ2n) is 10.9. The Labute approximate surface area is 238 Å². The summed E-state index contributed by atoms with van der Waals surface area (Å²) in [4.78, 5) is 29.1. The van der Waals surface area contributed by atoms with Crippen molar-refractivity contribution in [2.75, 3.05) is 23.3 Å². The van der Waals surface area contributed by atoms with E-state index in [1.54, 1.807) is 24.3 Å². The Bertz CT molecular complexity index is 1450. The third kappa shape index (κ3) is 5.97. The predicted octanol–water partition coefficient (Wildman–Crippen LogP) is 7.11. The molecule has 0 spiro atoms. The average Bonchev–Trinajstić information content (AvgIpc) is 3.01. The molecule has 1 heterocycles. The Morgan fingerprint density at radius 1 is 1.05 bits per heavy atom. The van der Waals surface area contributed by atoms with Gasteiger partial charge in [0.15, 0.2) is 5.78 Å². The first-order valence-electron chi connectivity index (χ1n) is 13.0. The number of nitrogens with zero attached hydrogens (tertiary/aromatic N) is 1. The van der Waals surface area contributed by atoms with E-state index < -0.39 is 6.04 Å². The van der Waals surface area contributed by atoms with Crippen molar-refractivity contribution in [3.8, 4) is 0 Å². The quantitative estimate of drug-likeness (QED) is 0.334. The number of carbonyl (C=O) groups is 2. The second kappa shape index (κ2) is 11.0. The number of Topliss-reactive ketones (excluding diaryl/α,β-unsaturated/α-hetero) is 1. The number of ketones is 1. The molecule has 0 fully saturated rings. The van der Waals surface area contributed by atoms with Crippen LogP contribution in [-0.4, -0.2) is 24.8 Å². The molecule has 5 nitrogen and oxygen atoms in total. The van der Waals surface area contributed by atoms with Gasteiger partial charge in [-0.2, -0.15) is 0 Å². The standard InChI is InChI=1S/C31H30Cl2FN3O2/c1-31(2)16-25-29(27(38)17-31)30(20-9-12-22(32)23(33)15-20)37(26-6-4-3-5-24(26)36-25)18-28(39)35-14-13-19-7-10-21(34)11-8-19/h3-12,15,30,36H,13-14,16-18H2,1-2H3,(H,35,39). The summed E-state index contributed by atoms with van der Waals surface area (Å²) in [5, 5.41) is 7.33. The third-order valence-electron chi connectivity index (χ3n) is 7.23. The summed E-state index contributed by atoms with van der Waals surface area (Å²) in [7, 11) is 0. The Kier molecular flexibility index (Phi) is 7.70. The maximum absolute atomic E-state index is 13.8. The van der Waals surface area contributed by atoms with Crippen molar-refractivity contribution in [1.82, 2.24) is 5.32 Å². The lowest BCUT2D eigenvalue weighted by Crippen LogP contribution is -2.42. The molecule has 5 rings (SSSR count). The van der Waals surface area contributed by atoms with Crippen molar-refractivity contribution in [1.29, 1.82) is 0 Å². The average molecular weight is 567 g/mol. The molecule has 8 heteroatoms. The van der Waals surface area contributed by atoms with Gasteiger partial charge in [-0.3, -0.25) is 9.59 Å². The lowest BCUT2D eigenvalue weighted by molar-refractivity contribution is -0.120. The number of nitrogens with one attached hydrogen (secondary N) is 2. The van der Waals surface area contributed by atoms with Crippen molar-refractivity contribution in [3.63, 3.8) is 0 Å². The number of fused-ring (bicyclic) bond motifs is 1. The highest BCUT2D eigenvalue weighted by Gasteiger charge is 2.42. The molecule has 0 saturated heterocycles. The maximum Gasteiger partial charge on any atom is 0.239 e. The number of para-hydroxylation sites is 2. The zero-order valence-corrected chi connectivity index (χ0v) is 23.4. The number of halogens is 3. The minimum Gasteiger partial charge on any atom is -0.357 e. The van der Waals surface area contributed by atoms with Gasteiger partial charge in [0.05, 0.1) is 34.0 Å². The molecular formula is C31H30Cl2FN3O2. The van der Waals surface area contributed by atoms with E-state index in [1.807, 2.05) is 35.2 Å². The second-order valence-corrected chi connectivity index (χ2v) is 11.7. The third-order valence-corrected chi connectivity index (χ3v) is 7.97. The van der Waals surface area contributed by atoms with Crippen LogP contribution in [-0.2, 0) is 16.0 Å². The fourth-order valence-electron chi connectivity index (χ4n) is 5.46. The highest BCUT2D eigenvalue weighted by molar-refractivity contribution is 6.42. The smallest absolute Gasteiger partial charge is 0.239 e. The molecule has 0 bridgehead atoms. The van der Waals surface area contributed by atoms with Gasteiger partial charge in [-0.15, -0.1) is 0 Å². The minimum absolute atomic E-state index is 0.0144. The molecule has 1 aliphatic heterocycles. The summed E-state index contributed by atoms with van der Waals surface area (Å²) in [6.45, 7) is 4.60. The van der Waals surface area contributed by atoms with Crippen LogP contribution in [0.2, 0.25) is 10.0 Å². The van der Waals surface area contributed by atoms with Crippen LogP contribution in [0.5, 0.6) is 0 Å². The minimum atomic E-state index is -0.544. The summed E-state index contributed by atoms with van der Waals surface area (Å²) < 4.78 is 13.2. The van der Waals surface area contributed by atoms with Gasteiger partial charge in [0.1, 0.15) is 5.82 Å². The molecule has 1 amide bonds. The molecule has 3 aromatic carbocycles. The maximum atomic E-state index is 13.8. The van der Waals surface area contributed by atoms with Crippen molar-refractivity contribution in [2.24, 2.45) is 5.41 Å². The predicted molar refractivity (Wildman–Crippen MR) is 155 cm³/mol. The van der Waals surface area contributed by atoms with Crippen LogP contribution in [0.25, 0.3) is 0 Å². The fraction of sp³-hybridized carbons (Fsp3) is 0.290. The van der Waals surface area contributed by atoms with E-state index in [4.69, 9.17) is 23.2 Å². The topological polar surface area (TPSA) is 61.4 Å². The Hall–Kier alpha value is -3.35. The van der Waals surface area contributed by atoms with Crippen LogP contribution in [0.15, 0.2) is 78.0 Å². The number of anilines is 2. The number of benzene rings is 3. The van der Waals surface area contributed by atoms with Gasteiger partial charge in [-0.05, 0) is 65.8 Å². The number of rotatable bonds is 6. The summed E-state index contributed by atoms with van der Waals surface area (Å²) >= 11 is 12.7. The summed E-state index contributed by atoms with van der Waals surface area (Å²) in [5.74, 6) is -0.442. The highest BCUT2D eigenvalue weighted by Crippen LogP contribution is 2.48. The van der Waals surface area contributed by atoms with E-state index in [2.05, 4.69) is 24.5 Å². The SMILES string of the molecule is CC1(C)CC(=O)C2=C(C1)Nc1ccccc1N(CC(=O)NCCc1ccc(F)cc1)C2c1ccc(Cl)c(Cl)c1. The molecule has 202 valence electrons. The van der Waals surface area contributed by atoms with Gasteiger partial charge < -0.3 is 15.5 Å². The van der Waals surface area contributed by atoms with Crippen LogP contribution in [0.3, 0.4) is 0 Å². The molecule has 0 radical (unpaired) electrons. The van der Waals surface area contributed by atoms with Crippen molar-refractivity contribution >= 4 is 46.3 Å². The summed E-state index contributed by atoms with van der Waals surface area (Å²) in [6, 6.07) is 18.8. The number of carbonyl (C=O) groups excluding carboxylic acids is 2. The first-order chi connectivity index (χ1) is 18.6. The zero-order valence-electron chi connectivity index (χ0n) is 21.9. The van der Waals surface area contributed by atoms with Crippen molar-refractivity contribution in [2.45, 2.75) is 39.2 Å². The first-order valence-corrected chi connectivity index (χ1v) is 13.7. The van der Waals surface area contributed by atoms with Gasteiger partial charge in [0.2, 0.25) is 5.91 Å². The van der Waals surface area contributed by atoms with Crippen LogP contribution in [0.1, 0.15) is 43.9 Å².